The molecule has 2 aromatic rings. The van der Waals surface area contributed by atoms with Gasteiger partial charge in [0.2, 0.25) is 11.8 Å². The number of hydrogen-bond acceptors (Lipinski definition) is 3. The number of nitrogens with zero attached hydrogens (tertiary/aromatic N) is 1. The van der Waals surface area contributed by atoms with Gasteiger partial charge in [0, 0.05) is 28.7 Å². The summed E-state index contributed by atoms with van der Waals surface area (Å²) in [6.07, 6.45) is 0.0944. The fraction of sp³-hybridized carbons (Fsp3) is 0.250. The minimum Gasteiger partial charge on any atom is -0.494 e. The first-order valence-corrected chi connectivity index (χ1v) is 7.10. The number of benzene rings is 1. The Bertz CT molecular complexity index is 816. The molecule has 0 saturated carbocycles. The van der Waals surface area contributed by atoms with Gasteiger partial charge in [0.1, 0.15) is 0 Å². The molecule has 1 heterocycles. The summed E-state index contributed by atoms with van der Waals surface area (Å²) in [5.74, 6) is -0.475. The lowest BCUT2D eigenvalue weighted by Gasteiger charge is -2.14. The number of rotatable bonds is 1. The summed E-state index contributed by atoms with van der Waals surface area (Å²) in [7, 11) is 0. The Labute approximate surface area is 129 Å². The fourth-order valence-electron chi connectivity index (χ4n) is 3.61. The number of nitrogen functional groups attached to an aromatic ring is 1. The Morgan fingerprint density at radius 3 is 2.09 bits per heavy atom. The predicted octanol–water partition coefficient (Wildman–Crippen LogP) is 3.63. The molecule has 4 N–H and O–H groups in total. The second kappa shape index (κ2) is 4.24. The molecule has 0 aliphatic heterocycles. The van der Waals surface area contributed by atoms with Gasteiger partial charge in [-0.05, 0) is 24.6 Å². The van der Waals surface area contributed by atoms with Gasteiger partial charge >= 0.3 is 6.18 Å². The zero-order valence-corrected chi connectivity index (χ0v) is 11.8. The maximum atomic E-state index is 13.0. The summed E-state index contributed by atoms with van der Waals surface area (Å²) in [4.78, 5) is 0. The van der Waals surface area contributed by atoms with Gasteiger partial charge in [0.15, 0.2) is 0 Å². The van der Waals surface area contributed by atoms with Crippen LogP contribution in [-0.2, 0) is 6.18 Å². The number of allylic oxidation sites excluding steroid dienone is 2. The Morgan fingerprint density at radius 2 is 1.57 bits per heavy atom. The van der Waals surface area contributed by atoms with Crippen LogP contribution in [0.15, 0.2) is 30.4 Å². The van der Waals surface area contributed by atoms with E-state index < -0.39 is 11.7 Å². The van der Waals surface area contributed by atoms with Crippen LogP contribution in [0, 0.1) is 0 Å². The van der Waals surface area contributed by atoms with Crippen molar-refractivity contribution in [3.05, 3.63) is 47.0 Å². The number of alkyl halides is 3. The number of anilines is 1. The highest BCUT2D eigenvalue weighted by molar-refractivity contribution is 5.64. The maximum absolute atomic E-state index is 13.0. The van der Waals surface area contributed by atoms with Crippen molar-refractivity contribution in [3.8, 4) is 17.4 Å². The molecule has 2 atom stereocenters. The lowest BCUT2D eigenvalue weighted by Crippen LogP contribution is -2.07. The normalized spacial score (nSPS) is 21.9. The van der Waals surface area contributed by atoms with Crippen molar-refractivity contribution >= 4 is 5.69 Å². The molecule has 7 heteroatoms. The largest absolute Gasteiger partial charge is 0.494 e. The highest BCUT2D eigenvalue weighted by Gasteiger charge is 2.41. The van der Waals surface area contributed by atoms with Crippen molar-refractivity contribution in [3.63, 3.8) is 0 Å². The van der Waals surface area contributed by atoms with Crippen LogP contribution in [0.1, 0.15) is 34.9 Å². The highest BCUT2D eigenvalue weighted by atomic mass is 19.4. The quantitative estimate of drug-likeness (QED) is 0.554. The molecule has 23 heavy (non-hydrogen) atoms. The van der Waals surface area contributed by atoms with E-state index in [0.717, 1.165) is 23.1 Å². The van der Waals surface area contributed by atoms with Crippen molar-refractivity contribution in [2.24, 2.45) is 0 Å². The van der Waals surface area contributed by atoms with Crippen LogP contribution in [0.5, 0.6) is 11.8 Å². The Hall–Kier alpha value is -2.57. The summed E-state index contributed by atoms with van der Waals surface area (Å²) in [6.45, 7) is 0. The van der Waals surface area contributed by atoms with E-state index in [-0.39, 0.29) is 35.0 Å². The average Bonchev–Trinajstić information content (AvgIpc) is 3.11. The molecule has 1 aromatic heterocycles. The number of nitrogens with two attached hydrogens (primary N) is 1. The second-order valence-electron chi connectivity index (χ2n) is 5.95. The SMILES string of the molecule is Nc1cc(-n2c(O)c3c(c2O)[C@H]2C=C[C@@H]3C2)cc(C(F)(F)F)c1. The molecule has 0 fully saturated rings. The standard InChI is InChI=1S/C16H13F3N2O2/c17-16(18,19)9-4-10(20)6-11(5-9)21-14(22)12-7-1-2-8(3-7)13(12)15(21)23/h1-2,4-8,22-23H,3,20H2/t7-,8+. The van der Waals surface area contributed by atoms with Crippen LogP contribution in [0.2, 0.25) is 0 Å². The van der Waals surface area contributed by atoms with Crippen LogP contribution in [0.4, 0.5) is 18.9 Å². The molecule has 4 nitrogen and oxygen atoms in total. The molecule has 2 aliphatic carbocycles. The summed E-state index contributed by atoms with van der Waals surface area (Å²) in [5.41, 5.74) is 5.70. The molecular weight excluding hydrogens is 309 g/mol. The van der Waals surface area contributed by atoms with Gasteiger partial charge in [-0.1, -0.05) is 12.2 Å². The van der Waals surface area contributed by atoms with Crippen molar-refractivity contribution in [2.45, 2.75) is 24.4 Å². The lowest BCUT2D eigenvalue weighted by molar-refractivity contribution is -0.137. The first kappa shape index (κ1) is 14.0. The van der Waals surface area contributed by atoms with E-state index in [1.807, 2.05) is 12.2 Å². The molecule has 0 saturated heterocycles. The van der Waals surface area contributed by atoms with E-state index in [1.165, 1.54) is 6.07 Å². The van der Waals surface area contributed by atoms with E-state index in [1.54, 1.807) is 0 Å². The lowest BCUT2D eigenvalue weighted by atomic mass is 10.0. The number of aromatic hydroxyl groups is 2. The molecule has 0 unspecified atom stereocenters. The topological polar surface area (TPSA) is 71.4 Å². The molecule has 1 aromatic carbocycles. The third-order valence-corrected chi connectivity index (χ3v) is 4.55. The molecule has 120 valence electrons. The number of aromatic nitrogens is 1. The Morgan fingerprint density at radius 1 is 1.00 bits per heavy atom. The van der Waals surface area contributed by atoms with E-state index in [2.05, 4.69) is 0 Å². The van der Waals surface area contributed by atoms with E-state index in [4.69, 9.17) is 5.73 Å². The Kier molecular flexibility index (Phi) is 2.59. The van der Waals surface area contributed by atoms with Crippen LogP contribution in [0.25, 0.3) is 5.69 Å². The van der Waals surface area contributed by atoms with Gasteiger partial charge in [0.25, 0.3) is 0 Å². The molecule has 2 bridgehead atoms. The monoisotopic (exact) mass is 322 g/mol. The van der Waals surface area contributed by atoms with Crippen molar-refractivity contribution in [2.75, 3.05) is 5.73 Å². The minimum absolute atomic E-state index is 0.00899. The third kappa shape index (κ3) is 1.85. The van der Waals surface area contributed by atoms with Gasteiger partial charge in [-0.2, -0.15) is 13.2 Å². The molecule has 0 radical (unpaired) electrons. The summed E-state index contributed by atoms with van der Waals surface area (Å²) < 4.78 is 39.9. The Balaban J connectivity index is 1.92. The van der Waals surface area contributed by atoms with Crippen LogP contribution >= 0.6 is 0 Å². The predicted molar refractivity (Wildman–Crippen MR) is 77.8 cm³/mol. The number of hydrogen-bond donors (Lipinski definition) is 3. The number of fused-ring (bicyclic) bond motifs is 5. The van der Waals surface area contributed by atoms with Crippen LogP contribution in [0.3, 0.4) is 0 Å². The van der Waals surface area contributed by atoms with Crippen LogP contribution < -0.4 is 5.73 Å². The zero-order valence-electron chi connectivity index (χ0n) is 11.8. The van der Waals surface area contributed by atoms with E-state index in [9.17, 15) is 23.4 Å². The first-order chi connectivity index (χ1) is 10.8. The van der Waals surface area contributed by atoms with Crippen LogP contribution in [-0.4, -0.2) is 14.8 Å². The zero-order chi connectivity index (χ0) is 16.5. The molecule has 4 rings (SSSR count). The molecule has 0 amide bonds. The summed E-state index contributed by atoms with van der Waals surface area (Å²) in [5, 5.41) is 20.9. The third-order valence-electron chi connectivity index (χ3n) is 4.55. The van der Waals surface area contributed by atoms with Crippen molar-refractivity contribution in [1.82, 2.24) is 4.57 Å². The fourth-order valence-corrected chi connectivity index (χ4v) is 3.61. The van der Waals surface area contributed by atoms with Crippen molar-refractivity contribution < 1.29 is 23.4 Å². The summed E-state index contributed by atoms with van der Waals surface area (Å²) in [6, 6.07) is 2.97. The van der Waals surface area contributed by atoms with Gasteiger partial charge in [-0.25, -0.2) is 0 Å². The maximum Gasteiger partial charge on any atom is 0.416 e. The molecule has 0 spiro atoms. The minimum atomic E-state index is -4.56. The van der Waals surface area contributed by atoms with Gasteiger partial charge in [-0.3, -0.25) is 4.57 Å². The van der Waals surface area contributed by atoms with Gasteiger partial charge in [0.05, 0.1) is 11.3 Å². The van der Waals surface area contributed by atoms with E-state index >= 15 is 0 Å². The van der Waals surface area contributed by atoms with Gasteiger partial charge in [-0.15, -0.1) is 0 Å². The molecule has 2 aliphatic rings. The van der Waals surface area contributed by atoms with Crippen molar-refractivity contribution in [1.29, 1.82) is 0 Å². The van der Waals surface area contributed by atoms with E-state index in [0.29, 0.717) is 11.1 Å². The second-order valence-corrected chi connectivity index (χ2v) is 5.95. The highest BCUT2D eigenvalue weighted by Crippen LogP contribution is 2.57. The number of halogens is 3. The average molecular weight is 322 g/mol. The smallest absolute Gasteiger partial charge is 0.416 e. The summed E-state index contributed by atoms with van der Waals surface area (Å²) >= 11 is 0. The van der Waals surface area contributed by atoms with Gasteiger partial charge < -0.3 is 15.9 Å². The molecular formula is C16H13F3N2O2. The first-order valence-electron chi connectivity index (χ1n) is 7.10.